The molecule has 2 heterocycles. The number of likely N-dealkylation sites (tertiary alicyclic amines) is 1. The van der Waals surface area contributed by atoms with Crippen molar-refractivity contribution in [2.24, 2.45) is 0 Å². The van der Waals surface area contributed by atoms with E-state index in [-0.39, 0.29) is 24.1 Å². The third kappa shape index (κ3) is 4.77. The molecule has 4 rings (SSSR count). The molecule has 2 N–H and O–H groups in total. The Balaban J connectivity index is 1.25. The van der Waals surface area contributed by atoms with Gasteiger partial charge in [0, 0.05) is 25.2 Å². The molecule has 0 spiro atoms. The molecule has 1 aromatic carbocycles. The van der Waals surface area contributed by atoms with Crippen molar-refractivity contribution in [1.29, 1.82) is 0 Å². The van der Waals surface area contributed by atoms with Crippen LogP contribution in [0.1, 0.15) is 51.9 Å². The second-order valence-electron chi connectivity index (χ2n) is 8.36. The summed E-state index contributed by atoms with van der Waals surface area (Å²) in [6, 6.07) is 7.76. The Labute approximate surface area is 172 Å². The lowest BCUT2D eigenvalue weighted by atomic mass is 9.96. The molecule has 2 fully saturated rings. The van der Waals surface area contributed by atoms with Gasteiger partial charge in [-0.2, -0.15) is 0 Å². The van der Waals surface area contributed by atoms with E-state index in [0.717, 1.165) is 25.7 Å². The number of fused-ring (bicyclic) bond motifs is 1. The van der Waals surface area contributed by atoms with Gasteiger partial charge < -0.3 is 25.0 Å². The van der Waals surface area contributed by atoms with Crippen LogP contribution in [-0.4, -0.2) is 54.2 Å². The van der Waals surface area contributed by atoms with E-state index in [9.17, 15) is 9.59 Å². The molecule has 0 bridgehead atoms. The SMILES string of the molecule is C[C@@H]1Oc2ccccc2O[C@H]1C(=O)N1CCC(NC(=O)NC2CCCCC2)CC1. The number of para-hydroxylation sites is 2. The number of carbonyl (C=O) groups excluding carboxylic acids is 2. The van der Waals surface area contributed by atoms with E-state index in [1.54, 1.807) is 0 Å². The fourth-order valence-electron chi connectivity index (χ4n) is 4.47. The topological polar surface area (TPSA) is 79.9 Å². The molecule has 1 aromatic rings. The highest BCUT2D eigenvalue weighted by molar-refractivity contribution is 5.82. The van der Waals surface area contributed by atoms with E-state index in [1.165, 1.54) is 19.3 Å². The average molecular weight is 402 g/mol. The van der Waals surface area contributed by atoms with Gasteiger partial charge in [-0.15, -0.1) is 0 Å². The van der Waals surface area contributed by atoms with Crippen LogP contribution in [0.15, 0.2) is 24.3 Å². The second-order valence-corrected chi connectivity index (χ2v) is 8.36. The number of hydrogen-bond acceptors (Lipinski definition) is 4. The maximum absolute atomic E-state index is 13.0. The number of benzene rings is 1. The van der Waals surface area contributed by atoms with E-state index in [4.69, 9.17) is 9.47 Å². The van der Waals surface area contributed by atoms with Crippen molar-refractivity contribution >= 4 is 11.9 Å². The Bertz CT molecular complexity index is 727. The highest BCUT2D eigenvalue weighted by atomic mass is 16.6. The number of ether oxygens (including phenoxy) is 2. The van der Waals surface area contributed by atoms with Crippen LogP contribution >= 0.6 is 0 Å². The minimum Gasteiger partial charge on any atom is -0.482 e. The molecule has 0 aromatic heterocycles. The van der Waals surface area contributed by atoms with Crippen LogP contribution in [0, 0.1) is 0 Å². The summed E-state index contributed by atoms with van der Waals surface area (Å²) in [5.41, 5.74) is 0. The van der Waals surface area contributed by atoms with Crippen LogP contribution in [0.4, 0.5) is 4.79 Å². The number of hydrogen-bond donors (Lipinski definition) is 2. The molecule has 7 nitrogen and oxygen atoms in total. The lowest BCUT2D eigenvalue weighted by molar-refractivity contribution is -0.145. The fourth-order valence-corrected chi connectivity index (χ4v) is 4.47. The molecule has 7 heteroatoms. The van der Waals surface area contributed by atoms with Gasteiger partial charge in [0.15, 0.2) is 11.5 Å². The summed E-state index contributed by atoms with van der Waals surface area (Å²) >= 11 is 0. The second kappa shape index (κ2) is 8.93. The third-order valence-electron chi connectivity index (χ3n) is 6.17. The Morgan fingerprint density at radius 3 is 2.14 bits per heavy atom. The molecule has 3 amide bonds. The molecule has 1 saturated carbocycles. The van der Waals surface area contributed by atoms with Gasteiger partial charge in [-0.1, -0.05) is 31.4 Å². The lowest BCUT2D eigenvalue weighted by Gasteiger charge is -2.37. The number of urea groups is 1. The monoisotopic (exact) mass is 401 g/mol. The summed E-state index contributed by atoms with van der Waals surface area (Å²) in [5.74, 6) is 1.24. The number of amides is 3. The van der Waals surface area contributed by atoms with Gasteiger partial charge in [-0.3, -0.25) is 4.79 Å². The van der Waals surface area contributed by atoms with Gasteiger partial charge in [0.05, 0.1) is 0 Å². The van der Waals surface area contributed by atoms with E-state index < -0.39 is 6.10 Å². The predicted molar refractivity (Wildman–Crippen MR) is 109 cm³/mol. The average Bonchev–Trinajstić information content (AvgIpc) is 2.74. The largest absolute Gasteiger partial charge is 0.482 e. The third-order valence-corrected chi connectivity index (χ3v) is 6.17. The lowest BCUT2D eigenvalue weighted by Crippen LogP contribution is -2.55. The van der Waals surface area contributed by atoms with Crippen LogP contribution in [-0.2, 0) is 4.79 Å². The number of piperidine rings is 1. The molecule has 158 valence electrons. The van der Waals surface area contributed by atoms with Gasteiger partial charge >= 0.3 is 6.03 Å². The molecule has 0 radical (unpaired) electrons. The highest BCUT2D eigenvalue weighted by Crippen LogP contribution is 2.34. The van der Waals surface area contributed by atoms with Crippen LogP contribution < -0.4 is 20.1 Å². The molecule has 0 unspecified atom stereocenters. The summed E-state index contributed by atoms with van der Waals surface area (Å²) in [5, 5.41) is 6.18. The first-order valence-corrected chi connectivity index (χ1v) is 10.9. The van der Waals surface area contributed by atoms with E-state index in [2.05, 4.69) is 10.6 Å². The van der Waals surface area contributed by atoms with E-state index >= 15 is 0 Å². The van der Waals surface area contributed by atoms with Crippen molar-refractivity contribution < 1.29 is 19.1 Å². The van der Waals surface area contributed by atoms with Gasteiger partial charge in [0.2, 0.25) is 6.10 Å². The Morgan fingerprint density at radius 2 is 1.48 bits per heavy atom. The minimum absolute atomic E-state index is 0.0443. The van der Waals surface area contributed by atoms with Crippen LogP contribution in [0.25, 0.3) is 0 Å². The molecule has 1 saturated heterocycles. The summed E-state index contributed by atoms with van der Waals surface area (Å²) < 4.78 is 11.8. The van der Waals surface area contributed by atoms with Gasteiger partial charge in [-0.25, -0.2) is 4.79 Å². The van der Waals surface area contributed by atoms with Crippen LogP contribution in [0.3, 0.4) is 0 Å². The van der Waals surface area contributed by atoms with E-state index in [0.29, 0.717) is 30.6 Å². The molecule has 1 aliphatic carbocycles. The zero-order valence-electron chi connectivity index (χ0n) is 17.1. The zero-order chi connectivity index (χ0) is 20.2. The first-order chi connectivity index (χ1) is 14.1. The van der Waals surface area contributed by atoms with Gasteiger partial charge in [0.25, 0.3) is 5.91 Å². The Kier molecular flexibility index (Phi) is 6.11. The van der Waals surface area contributed by atoms with Crippen molar-refractivity contribution in [2.75, 3.05) is 13.1 Å². The number of rotatable bonds is 3. The van der Waals surface area contributed by atoms with E-state index in [1.807, 2.05) is 36.1 Å². The van der Waals surface area contributed by atoms with Crippen molar-refractivity contribution in [2.45, 2.75) is 76.2 Å². The molecule has 3 aliphatic rings. The Morgan fingerprint density at radius 1 is 0.897 bits per heavy atom. The zero-order valence-corrected chi connectivity index (χ0v) is 17.1. The Hall–Kier alpha value is -2.44. The van der Waals surface area contributed by atoms with Crippen molar-refractivity contribution in [3.63, 3.8) is 0 Å². The first-order valence-electron chi connectivity index (χ1n) is 10.9. The quantitative estimate of drug-likeness (QED) is 0.816. The number of carbonyl (C=O) groups is 2. The molecular weight excluding hydrogens is 370 g/mol. The maximum atomic E-state index is 13.0. The molecule has 2 atom stereocenters. The smallest absolute Gasteiger partial charge is 0.315 e. The fraction of sp³-hybridized carbons (Fsp3) is 0.636. The molecular formula is C22H31N3O4. The summed E-state index contributed by atoms with van der Waals surface area (Å²) in [4.78, 5) is 27.1. The minimum atomic E-state index is -0.635. The van der Waals surface area contributed by atoms with Crippen LogP contribution in [0.2, 0.25) is 0 Å². The highest BCUT2D eigenvalue weighted by Gasteiger charge is 2.38. The maximum Gasteiger partial charge on any atom is 0.315 e. The van der Waals surface area contributed by atoms with Crippen molar-refractivity contribution in [3.05, 3.63) is 24.3 Å². The van der Waals surface area contributed by atoms with Crippen molar-refractivity contribution in [1.82, 2.24) is 15.5 Å². The molecule has 2 aliphatic heterocycles. The van der Waals surface area contributed by atoms with Gasteiger partial charge in [0.1, 0.15) is 6.10 Å². The van der Waals surface area contributed by atoms with Gasteiger partial charge in [-0.05, 0) is 44.7 Å². The normalized spacial score (nSPS) is 25.3. The van der Waals surface area contributed by atoms with Crippen LogP contribution in [0.5, 0.6) is 11.5 Å². The number of nitrogens with one attached hydrogen (secondary N) is 2. The summed E-state index contributed by atoms with van der Waals surface area (Å²) in [6.07, 6.45) is 6.34. The number of nitrogens with zero attached hydrogens (tertiary/aromatic N) is 1. The summed E-state index contributed by atoms with van der Waals surface area (Å²) in [7, 11) is 0. The predicted octanol–water partition coefficient (Wildman–Crippen LogP) is 2.84. The summed E-state index contributed by atoms with van der Waals surface area (Å²) in [6.45, 7) is 3.09. The first kappa shape index (κ1) is 19.9. The van der Waals surface area contributed by atoms with Crippen molar-refractivity contribution in [3.8, 4) is 11.5 Å². The standard InChI is InChI=1S/C22H31N3O4/c1-15-20(29-19-10-6-5-9-18(19)28-15)21(26)25-13-11-17(12-14-25)24-22(27)23-16-7-3-2-4-8-16/h5-6,9-10,15-17,20H,2-4,7-8,11-14H2,1H3,(H2,23,24,27)/t15-,20+/m0/s1. The molecule has 29 heavy (non-hydrogen) atoms.